The van der Waals surface area contributed by atoms with Gasteiger partial charge < -0.3 is 16.0 Å². The van der Waals surface area contributed by atoms with Gasteiger partial charge in [-0.1, -0.05) is 36.4 Å². The third kappa shape index (κ3) is 7.73. The van der Waals surface area contributed by atoms with Gasteiger partial charge in [0, 0.05) is 69.5 Å². The molecule has 2 fully saturated rings. The molecule has 1 amide bonds. The van der Waals surface area contributed by atoms with Gasteiger partial charge in [0.1, 0.15) is 5.82 Å². The Bertz CT molecular complexity index is 1260. The van der Waals surface area contributed by atoms with Crippen LogP contribution in [-0.2, 0) is 19.6 Å². The third-order valence-corrected chi connectivity index (χ3v) is 7.61. The number of nitrogens with one attached hydrogen (secondary N) is 3. The number of carbonyl (C=O) groups excluding carboxylic acids is 1. The van der Waals surface area contributed by atoms with Crippen LogP contribution in [0.1, 0.15) is 40.4 Å². The molecule has 3 aromatic rings. The maximum atomic E-state index is 14.9. The van der Waals surface area contributed by atoms with Crippen LogP contribution in [0, 0.1) is 5.82 Å². The minimum Gasteiger partial charge on any atom is -0.348 e. The van der Waals surface area contributed by atoms with Crippen LogP contribution in [0.4, 0.5) is 4.39 Å². The fourth-order valence-corrected chi connectivity index (χ4v) is 5.57. The van der Waals surface area contributed by atoms with Crippen LogP contribution in [-0.4, -0.2) is 67.6 Å². The van der Waals surface area contributed by atoms with Crippen LogP contribution in [0.3, 0.4) is 0 Å². The number of nitrogens with zero attached hydrogens (tertiary/aromatic N) is 2. The number of piperazine rings is 1. The summed E-state index contributed by atoms with van der Waals surface area (Å²) in [4.78, 5) is 17.8. The molecule has 0 bridgehead atoms. The zero-order valence-electron chi connectivity index (χ0n) is 22.9. The van der Waals surface area contributed by atoms with Crippen molar-refractivity contribution in [2.75, 3.05) is 45.8 Å². The number of halogens is 1. The normalized spacial score (nSPS) is 19.0. The predicted molar refractivity (Wildman–Crippen MR) is 155 cm³/mol. The number of rotatable bonds is 8. The molecule has 2 aliphatic heterocycles. The topological polar surface area (TPSA) is 59.6 Å². The lowest BCUT2D eigenvalue weighted by Gasteiger charge is -2.31. The highest BCUT2D eigenvalue weighted by Crippen LogP contribution is 2.26. The largest absolute Gasteiger partial charge is 0.348 e. The molecule has 206 valence electrons. The molecule has 1 atom stereocenters. The standard InChI is InChI=1S/C32H40FN5O/c1-24-21-38(16-13-35-24)23-26-5-2-7-28(17-26)30-19-25(9-10-31(30)33)20-36-32(39)29-8-3-6-27(18-29)22-37-14-4-11-34-12-15-37/h2-3,5-10,17-19,24,34-35H,4,11-16,20-23H2,1H3,(H,36,39)/t24-/m0/s1. The van der Waals surface area contributed by atoms with Gasteiger partial charge in [-0.15, -0.1) is 0 Å². The van der Waals surface area contributed by atoms with Crippen LogP contribution in [0.15, 0.2) is 66.7 Å². The Morgan fingerprint density at radius 2 is 1.69 bits per heavy atom. The highest BCUT2D eigenvalue weighted by molar-refractivity contribution is 5.94. The first-order valence-corrected chi connectivity index (χ1v) is 14.2. The van der Waals surface area contributed by atoms with Gasteiger partial charge in [0.15, 0.2) is 0 Å². The van der Waals surface area contributed by atoms with Gasteiger partial charge in [0.05, 0.1) is 0 Å². The molecule has 3 N–H and O–H groups in total. The molecule has 39 heavy (non-hydrogen) atoms. The average Bonchev–Trinajstić information content (AvgIpc) is 3.21. The number of hydrogen-bond acceptors (Lipinski definition) is 5. The summed E-state index contributed by atoms with van der Waals surface area (Å²) in [7, 11) is 0. The van der Waals surface area contributed by atoms with Crippen molar-refractivity contribution in [2.45, 2.75) is 39.0 Å². The third-order valence-electron chi connectivity index (χ3n) is 7.61. The minimum absolute atomic E-state index is 0.118. The molecule has 5 rings (SSSR count). The van der Waals surface area contributed by atoms with Crippen molar-refractivity contribution >= 4 is 5.91 Å². The first-order valence-electron chi connectivity index (χ1n) is 14.2. The maximum Gasteiger partial charge on any atom is 0.251 e. The summed E-state index contributed by atoms with van der Waals surface area (Å²) in [6.07, 6.45) is 1.14. The Morgan fingerprint density at radius 1 is 0.897 bits per heavy atom. The molecule has 0 aromatic heterocycles. The van der Waals surface area contributed by atoms with Gasteiger partial charge in [0.25, 0.3) is 5.91 Å². The molecule has 6 nitrogen and oxygen atoms in total. The van der Waals surface area contributed by atoms with Crippen molar-refractivity contribution in [3.8, 4) is 11.1 Å². The van der Waals surface area contributed by atoms with Crippen molar-refractivity contribution < 1.29 is 9.18 Å². The van der Waals surface area contributed by atoms with E-state index in [2.05, 4.69) is 50.9 Å². The summed E-state index contributed by atoms with van der Waals surface area (Å²) < 4.78 is 14.9. The highest BCUT2D eigenvalue weighted by atomic mass is 19.1. The number of amides is 1. The summed E-state index contributed by atoms with van der Waals surface area (Å²) >= 11 is 0. The second-order valence-corrected chi connectivity index (χ2v) is 10.9. The Balaban J connectivity index is 1.22. The van der Waals surface area contributed by atoms with Crippen molar-refractivity contribution in [3.05, 3.63) is 94.8 Å². The van der Waals surface area contributed by atoms with E-state index < -0.39 is 0 Å². The van der Waals surface area contributed by atoms with E-state index in [1.54, 1.807) is 6.07 Å². The molecular formula is C32H40FN5O. The number of benzene rings is 3. The molecule has 0 unspecified atom stereocenters. The van der Waals surface area contributed by atoms with Crippen LogP contribution in [0.5, 0.6) is 0 Å². The fourth-order valence-electron chi connectivity index (χ4n) is 5.57. The van der Waals surface area contributed by atoms with Crippen molar-refractivity contribution in [2.24, 2.45) is 0 Å². The quantitative estimate of drug-likeness (QED) is 0.412. The monoisotopic (exact) mass is 529 g/mol. The van der Waals surface area contributed by atoms with E-state index in [9.17, 15) is 9.18 Å². The fraction of sp³-hybridized carbons (Fsp3) is 0.406. The van der Waals surface area contributed by atoms with E-state index in [4.69, 9.17) is 0 Å². The molecule has 3 aromatic carbocycles. The summed E-state index contributed by atoms with van der Waals surface area (Å²) in [5, 5.41) is 9.93. The Labute approximate surface area is 231 Å². The molecule has 0 radical (unpaired) electrons. The van der Waals surface area contributed by atoms with E-state index in [1.165, 1.54) is 11.6 Å². The van der Waals surface area contributed by atoms with Gasteiger partial charge >= 0.3 is 0 Å². The van der Waals surface area contributed by atoms with Gasteiger partial charge in [0.2, 0.25) is 0 Å². The van der Waals surface area contributed by atoms with Gasteiger partial charge in [-0.2, -0.15) is 0 Å². The maximum absolute atomic E-state index is 14.9. The summed E-state index contributed by atoms with van der Waals surface area (Å²) in [5.41, 5.74) is 5.26. The summed E-state index contributed by atoms with van der Waals surface area (Å²) in [6, 6.07) is 21.6. The molecular weight excluding hydrogens is 489 g/mol. The Kier molecular flexibility index (Phi) is 9.37. The van der Waals surface area contributed by atoms with Gasteiger partial charge in [-0.3, -0.25) is 14.6 Å². The minimum atomic E-state index is -0.255. The lowest BCUT2D eigenvalue weighted by atomic mass is 10.00. The van der Waals surface area contributed by atoms with E-state index in [-0.39, 0.29) is 11.7 Å². The van der Waals surface area contributed by atoms with Crippen LogP contribution in [0.25, 0.3) is 11.1 Å². The SMILES string of the molecule is C[C@H]1CN(Cc2cccc(-c3cc(CNC(=O)c4cccc(CN5CCCNCC5)c4)ccc3F)c2)CCN1. The second-order valence-electron chi connectivity index (χ2n) is 10.9. The lowest BCUT2D eigenvalue weighted by molar-refractivity contribution is 0.0950. The molecule has 7 heteroatoms. The number of hydrogen-bond donors (Lipinski definition) is 3. The van der Waals surface area contributed by atoms with Crippen LogP contribution >= 0.6 is 0 Å². The van der Waals surface area contributed by atoms with Crippen molar-refractivity contribution in [1.82, 2.24) is 25.8 Å². The number of carbonyl (C=O) groups is 1. The van der Waals surface area contributed by atoms with Crippen molar-refractivity contribution in [3.63, 3.8) is 0 Å². The Hall–Kier alpha value is -3.10. The van der Waals surface area contributed by atoms with Gasteiger partial charge in [-0.05, 0) is 79.0 Å². The molecule has 0 saturated carbocycles. The van der Waals surface area contributed by atoms with E-state index >= 15 is 0 Å². The van der Waals surface area contributed by atoms with Crippen molar-refractivity contribution in [1.29, 1.82) is 0 Å². The molecule has 2 aliphatic rings. The lowest BCUT2D eigenvalue weighted by Crippen LogP contribution is -2.48. The van der Waals surface area contributed by atoms with Crippen LogP contribution < -0.4 is 16.0 Å². The zero-order valence-corrected chi connectivity index (χ0v) is 22.9. The molecule has 2 saturated heterocycles. The van der Waals surface area contributed by atoms with E-state index in [0.29, 0.717) is 23.7 Å². The molecule has 2 heterocycles. The summed E-state index contributed by atoms with van der Waals surface area (Å²) in [6.45, 7) is 11.4. The predicted octanol–water partition coefficient (Wildman–Crippen LogP) is 4.01. The first-order chi connectivity index (χ1) is 19.0. The Morgan fingerprint density at radius 3 is 2.56 bits per heavy atom. The molecule has 0 spiro atoms. The first kappa shape index (κ1) is 27.5. The van der Waals surface area contributed by atoms with Gasteiger partial charge in [-0.25, -0.2) is 4.39 Å². The van der Waals surface area contributed by atoms with E-state index in [1.807, 2.05) is 36.4 Å². The highest BCUT2D eigenvalue weighted by Gasteiger charge is 2.16. The second kappa shape index (κ2) is 13.3. The van der Waals surface area contributed by atoms with E-state index in [0.717, 1.165) is 82.0 Å². The average molecular weight is 530 g/mol. The zero-order chi connectivity index (χ0) is 27.0. The molecule has 0 aliphatic carbocycles. The van der Waals surface area contributed by atoms with Crippen LogP contribution in [0.2, 0.25) is 0 Å². The summed E-state index contributed by atoms with van der Waals surface area (Å²) in [5.74, 6) is -0.373. The smallest absolute Gasteiger partial charge is 0.251 e.